The van der Waals surface area contributed by atoms with E-state index >= 15 is 0 Å². The van der Waals surface area contributed by atoms with Crippen LogP contribution in [0.5, 0.6) is 46.0 Å². The minimum Gasteiger partial charge on any atom is -0.495 e. The van der Waals surface area contributed by atoms with Crippen LogP contribution in [0.3, 0.4) is 0 Å². The molecule has 1 atom stereocenters. The van der Waals surface area contributed by atoms with E-state index in [0.29, 0.717) is 46.8 Å². The maximum absolute atomic E-state index is 13.5. The molecular formula is C33H42N2O10. The SMILES string of the molecule is COc1ccccc1N1CCN(CC(COc2cc(OC)c(OC)c(OC)c2)OC(=O)c2cc(OC)c(OC)c(OC)c2)CC1. The zero-order chi connectivity index (χ0) is 32.3. The van der Waals surface area contributed by atoms with Crippen molar-refractivity contribution in [2.24, 2.45) is 0 Å². The van der Waals surface area contributed by atoms with E-state index in [1.54, 1.807) is 31.4 Å². The van der Waals surface area contributed by atoms with Gasteiger partial charge in [0.05, 0.1) is 61.0 Å². The van der Waals surface area contributed by atoms with Crippen molar-refractivity contribution in [1.82, 2.24) is 4.90 Å². The van der Waals surface area contributed by atoms with Crippen LogP contribution in [0.1, 0.15) is 10.4 Å². The number of rotatable bonds is 15. The van der Waals surface area contributed by atoms with E-state index in [1.807, 2.05) is 18.2 Å². The van der Waals surface area contributed by atoms with Gasteiger partial charge in [-0.3, -0.25) is 4.90 Å². The molecule has 12 heteroatoms. The van der Waals surface area contributed by atoms with Crippen molar-refractivity contribution in [2.75, 3.05) is 94.0 Å². The number of ether oxygens (including phenoxy) is 9. The Hall–Kier alpha value is -4.71. The van der Waals surface area contributed by atoms with Gasteiger partial charge in [-0.25, -0.2) is 4.79 Å². The maximum Gasteiger partial charge on any atom is 0.338 e. The minimum absolute atomic E-state index is 0.0710. The average Bonchev–Trinajstić information content (AvgIpc) is 3.09. The molecule has 244 valence electrons. The van der Waals surface area contributed by atoms with Crippen LogP contribution in [0, 0.1) is 0 Å². The molecule has 4 rings (SSSR count). The molecule has 1 aliphatic heterocycles. The Morgan fingerprint density at radius 2 is 1.18 bits per heavy atom. The van der Waals surface area contributed by atoms with Crippen molar-refractivity contribution >= 4 is 11.7 Å². The second-order valence-electron chi connectivity index (χ2n) is 10.1. The van der Waals surface area contributed by atoms with Crippen molar-refractivity contribution in [3.8, 4) is 46.0 Å². The molecule has 1 unspecified atom stereocenters. The monoisotopic (exact) mass is 626 g/mol. The number of anilines is 1. The standard InChI is InChI=1S/C33H42N2O10/c1-37-26-11-9-8-10-25(26)35-14-12-34(13-15-35)20-24(21-44-23-18-29(40-4)32(43-7)30(19-23)41-5)45-33(36)22-16-27(38-2)31(42-6)28(17-22)39-3/h8-11,16-19,24H,12-15,20-21H2,1-7H3. The topological polar surface area (TPSA) is 107 Å². The van der Waals surface area contributed by atoms with E-state index in [0.717, 1.165) is 37.6 Å². The molecule has 0 spiro atoms. The summed E-state index contributed by atoms with van der Waals surface area (Å²) in [6, 6.07) is 14.5. The van der Waals surface area contributed by atoms with E-state index in [1.165, 1.54) is 42.7 Å². The normalized spacial score (nSPS) is 13.8. The molecule has 1 saturated heterocycles. The maximum atomic E-state index is 13.5. The largest absolute Gasteiger partial charge is 0.495 e. The Kier molecular flexibility index (Phi) is 11.7. The highest BCUT2D eigenvalue weighted by molar-refractivity contribution is 5.91. The fraction of sp³-hybridized carbons (Fsp3) is 0.424. The van der Waals surface area contributed by atoms with Crippen molar-refractivity contribution in [3.05, 3.63) is 54.1 Å². The summed E-state index contributed by atoms with van der Waals surface area (Å²) in [7, 11) is 10.8. The Bertz CT molecular complexity index is 1370. The lowest BCUT2D eigenvalue weighted by Crippen LogP contribution is -2.50. The summed E-state index contributed by atoms with van der Waals surface area (Å²) in [5, 5.41) is 0. The van der Waals surface area contributed by atoms with Gasteiger partial charge >= 0.3 is 5.97 Å². The highest BCUT2D eigenvalue weighted by Gasteiger charge is 2.27. The first-order chi connectivity index (χ1) is 21.9. The van der Waals surface area contributed by atoms with Crippen molar-refractivity contribution in [2.45, 2.75) is 6.10 Å². The summed E-state index contributed by atoms with van der Waals surface area (Å²) in [5.41, 5.74) is 1.30. The van der Waals surface area contributed by atoms with Gasteiger partial charge in [0, 0.05) is 44.9 Å². The zero-order valence-corrected chi connectivity index (χ0v) is 26.9. The summed E-state index contributed by atoms with van der Waals surface area (Å²) < 4.78 is 50.4. The molecule has 12 nitrogen and oxygen atoms in total. The van der Waals surface area contributed by atoms with Crippen LogP contribution in [0.2, 0.25) is 0 Å². The number of esters is 1. The van der Waals surface area contributed by atoms with Gasteiger partial charge in [0.2, 0.25) is 11.5 Å². The van der Waals surface area contributed by atoms with Gasteiger partial charge in [-0.1, -0.05) is 12.1 Å². The Morgan fingerprint density at radius 1 is 0.667 bits per heavy atom. The first kappa shape index (κ1) is 33.2. The molecule has 3 aromatic rings. The number of benzene rings is 3. The number of para-hydroxylation sites is 2. The van der Waals surface area contributed by atoms with Crippen molar-refractivity contribution < 1.29 is 47.4 Å². The molecule has 0 aromatic heterocycles. The second-order valence-corrected chi connectivity index (χ2v) is 10.1. The van der Waals surface area contributed by atoms with Gasteiger partial charge in [-0.15, -0.1) is 0 Å². The molecule has 3 aromatic carbocycles. The summed E-state index contributed by atoms with van der Waals surface area (Å²) in [5.74, 6) is 3.18. The minimum atomic E-state index is -0.631. The van der Waals surface area contributed by atoms with Gasteiger partial charge in [0.25, 0.3) is 0 Å². The number of hydrogen-bond acceptors (Lipinski definition) is 12. The predicted molar refractivity (Wildman–Crippen MR) is 169 cm³/mol. The number of methoxy groups -OCH3 is 7. The van der Waals surface area contributed by atoms with Crippen LogP contribution in [0.4, 0.5) is 5.69 Å². The summed E-state index contributed by atoms with van der Waals surface area (Å²) in [6.45, 7) is 3.58. The smallest absolute Gasteiger partial charge is 0.338 e. The quantitative estimate of drug-likeness (QED) is 0.226. The van der Waals surface area contributed by atoms with Gasteiger partial charge in [-0.2, -0.15) is 0 Å². The van der Waals surface area contributed by atoms with E-state index in [-0.39, 0.29) is 12.2 Å². The van der Waals surface area contributed by atoms with Crippen LogP contribution >= 0.6 is 0 Å². The average molecular weight is 627 g/mol. The lowest BCUT2D eigenvalue weighted by atomic mass is 10.1. The van der Waals surface area contributed by atoms with Gasteiger partial charge in [0.1, 0.15) is 24.2 Å². The molecule has 0 bridgehead atoms. The lowest BCUT2D eigenvalue weighted by molar-refractivity contribution is 0.00514. The molecule has 0 radical (unpaired) electrons. The third-order valence-electron chi connectivity index (χ3n) is 7.51. The number of nitrogens with zero attached hydrogens (tertiary/aromatic N) is 2. The van der Waals surface area contributed by atoms with Crippen molar-refractivity contribution in [1.29, 1.82) is 0 Å². The van der Waals surface area contributed by atoms with Crippen molar-refractivity contribution in [3.63, 3.8) is 0 Å². The molecule has 1 heterocycles. The lowest BCUT2D eigenvalue weighted by Gasteiger charge is -2.37. The number of carbonyl (C=O) groups excluding carboxylic acids is 1. The van der Waals surface area contributed by atoms with E-state index in [2.05, 4.69) is 15.9 Å². The molecule has 0 aliphatic carbocycles. The Morgan fingerprint density at radius 3 is 1.69 bits per heavy atom. The van der Waals surface area contributed by atoms with Crippen LogP contribution < -0.4 is 42.8 Å². The molecule has 1 aliphatic rings. The third kappa shape index (κ3) is 7.88. The summed E-state index contributed by atoms with van der Waals surface area (Å²) in [4.78, 5) is 18.0. The highest BCUT2D eigenvalue weighted by atomic mass is 16.6. The Labute approximate surface area is 264 Å². The van der Waals surface area contributed by atoms with Crippen LogP contribution in [0.15, 0.2) is 48.5 Å². The van der Waals surface area contributed by atoms with Gasteiger partial charge in [0.15, 0.2) is 23.0 Å². The van der Waals surface area contributed by atoms with Crippen LogP contribution in [-0.4, -0.2) is 106 Å². The molecular weight excluding hydrogens is 584 g/mol. The highest BCUT2D eigenvalue weighted by Crippen LogP contribution is 2.41. The first-order valence-corrected chi connectivity index (χ1v) is 14.4. The van der Waals surface area contributed by atoms with E-state index in [9.17, 15) is 4.79 Å². The van der Waals surface area contributed by atoms with Crippen LogP contribution in [-0.2, 0) is 4.74 Å². The molecule has 0 amide bonds. The molecule has 1 fully saturated rings. The first-order valence-electron chi connectivity index (χ1n) is 14.4. The summed E-state index contributed by atoms with van der Waals surface area (Å²) in [6.07, 6.45) is -0.631. The Balaban J connectivity index is 1.53. The van der Waals surface area contributed by atoms with Gasteiger partial charge in [-0.05, 0) is 24.3 Å². The van der Waals surface area contributed by atoms with E-state index < -0.39 is 12.1 Å². The molecule has 0 saturated carbocycles. The third-order valence-corrected chi connectivity index (χ3v) is 7.51. The number of hydrogen-bond donors (Lipinski definition) is 0. The number of carbonyl (C=O) groups is 1. The molecule has 45 heavy (non-hydrogen) atoms. The zero-order valence-electron chi connectivity index (χ0n) is 26.9. The van der Waals surface area contributed by atoms with Gasteiger partial charge < -0.3 is 47.5 Å². The second kappa shape index (κ2) is 15.8. The number of piperazine rings is 1. The predicted octanol–water partition coefficient (Wildman–Crippen LogP) is 4.17. The summed E-state index contributed by atoms with van der Waals surface area (Å²) >= 11 is 0. The molecule has 0 N–H and O–H groups in total. The fourth-order valence-electron chi connectivity index (χ4n) is 5.22. The van der Waals surface area contributed by atoms with E-state index in [4.69, 9.17) is 42.6 Å². The fourth-order valence-corrected chi connectivity index (χ4v) is 5.22. The van der Waals surface area contributed by atoms with Crippen LogP contribution in [0.25, 0.3) is 0 Å².